The lowest BCUT2D eigenvalue weighted by molar-refractivity contribution is 0.285. The van der Waals surface area contributed by atoms with Crippen molar-refractivity contribution in [3.8, 4) is 0 Å². The van der Waals surface area contributed by atoms with Gasteiger partial charge in [0.05, 0.1) is 5.69 Å². The number of halogens is 1. The van der Waals surface area contributed by atoms with Gasteiger partial charge < -0.3 is 10.3 Å². The van der Waals surface area contributed by atoms with E-state index >= 15 is 0 Å². The molecule has 1 aliphatic rings. The van der Waals surface area contributed by atoms with Crippen molar-refractivity contribution in [2.24, 2.45) is 5.92 Å². The zero-order valence-corrected chi connectivity index (χ0v) is 13.6. The maximum absolute atomic E-state index is 6.20. The molecule has 3 nitrogen and oxygen atoms in total. The molecule has 0 amide bonds. The zero-order chi connectivity index (χ0) is 14.4. The molecule has 2 rings (SSSR count). The largest absolute Gasteiger partial charge is 0.344 e. The first-order chi connectivity index (χ1) is 9.72. The first-order valence-corrected chi connectivity index (χ1v) is 8.57. The average molecular weight is 298 g/mol. The monoisotopic (exact) mass is 297 g/mol. The number of aryl methyl sites for hydroxylation is 1. The highest BCUT2D eigenvalue weighted by Gasteiger charge is 2.20. The van der Waals surface area contributed by atoms with E-state index in [2.05, 4.69) is 29.1 Å². The number of nitrogens with zero attached hydrogens (tertiary/aromatic N) is 1. The molecule has 4 heteroatoms. The maximum Gasteiger partial charge on any atom is 0.151 e. The van der Waals surface area contributed by atoms with Gasteiger partial charge in [-0.25, -0.2) is 4.98 Å². The summed E-state index contributed by atoms with van der Waals surface area (Å²) in [5, 5.41) is 4.28. The molecule has 1 heterocycles. The first-order valence-electron chi connectivity index (χ1n) is 8.19. The molecule has 1 aromatic rings. The van der Waals surface area contributed by atoms with Gasteiger partial charge in [0.15, 0.2) is 5.15 Å². The zero-order valence-electron chi connectivity index (χ0n) is 12.8. The van der Waals surface area contributed by atoms with Crippen molar-refractivity contribution < 1.29 is 0 Å². The Bertz CT molecular complexity index is 394. The summed E-state index contributed by atoms with van der Waals surface area (Å²) in [6.07, 6.45) is 10.0. The number of nitrogens with one attached hydrogen (secondary N) is 2. The Morgan fingerprint density at radius 2 is 2.00 bits per heavy atom. The maximum atomic E-state index is 6.20. The van der Waals surface area contributed by atoms with Gasteiger partial charge in [0.1, 0.15) is 5.82 Å². The molecular formula is C16H28ClN3. The Kier molecular flexibility index (Phi) is 6.37. The predicted octanol–water partition coefficient (Wildman–Crippen LogP) is 4.46. The number of imidazole rings is 1. The quantitative estimate of drug-likeness (QED) is 0.780. The van der Waals surface area contributed by atoms with Crippen LogP contribution in [-0.4, -0.2) is 16.0 Å². The summed E-state index contributed by atoms with van der Waals surface area (Å²) in [5.41, 5.74) is 1.05. The van der Waals surface area contributed by atoms with Crippen molar-refractivity contribution in [3.05, 3.63) is 16.7 Å². The second-order valence-electron chi connectivity index (χ2n) is 6.06. The second kappa shape index (κ2) is 8.04. The second-order valence-corrected chi connectivity index (χ2v) is 6.42. The van der Waals surface area contributed by atoms with Gasteiger partial charge in [0, 0.05) is 19.0 Å². The van der Waals surface area contributed by atoms with Crippen LogP contribution in [0, 0.1) is 5.92 Å². The molecule has 20 heavy (non-hydrogen) atoms. The number of unbranched alkanes of at least 4 members (excludes halogenated alkanes) is 1. The molecule has 2 N–H and O–H groups in total. The van der Waals surface area contributed by atoms with Gasteiger partial charge in [-0.15, -0.1) is 0 Å². The fourth-order valence-corrected chi connectivity index (χ4v) is 3.26. The van der Waals surface area contributed by atoms with E-state index in [4.69, 9.17) is 11.6 Å². The molecule has 0 bridgehead atoms. The lowest BCUT2D eigenvalue weighted by Gasteiger charge is -2.28. The number of H-pyrrole nitrogens is 1. The van der Waals surface area contributed by atoms with Crippen molar-refractivity contribution in [1.29, 1.82) is 0 Å². The van der Waals surface area contributed by atoms with E-state index in [-0.39, 0.29) is 0 Å². The van der Waals surface area contributed by atoms with Crippen LogP contribution in [0.2, 0.25) is 5.15 Å². The van der Waals surface area contributed by atoms with Gasteiger partial charge in [0.2, 0.25) is 0 Å². The van der Waals surface area contributed by atoms with Gasteiger partial charge in [-0.05, 0) is 38.0 Å². The Morgan fingerprint density at radius 1 is 1.25 bits per heavy atom. The van der Waals surface area contributed by atoms with E-state index in [9.17, 15) is 0 Å². The minimum atomic E-state index is 0.644. The van der Waals surface area contributed by atoms with Crippen molar-refractivity contribution in [3.63, 3.8) is 0 Å². The van der Waals surface area contributed by atoms with E-state index in [0.29, 0.717) is 11.2 Å². The Balaban J connectivity index is 1.77. The summed E-state index contributed by atoms with van der Waals surface area (Å²) in [4.78, 5) is 7.78. The van der Waals surface area contributed by atoms with Crippen LogP contribution in [0.15, 0.2) is 0 Å². The third-order valence-corrected chi connectivity index (χ3v) is 4.85. The molecule has 0 aliphatic heterocycles. The van der Waals surface area contributed by atoms with Gasteiger partial charge in [0.25, 0.3) is 0 Å². The lowest BCUT2D eigenvalue weighted by atomic mass is 9.84. The SMILES string of the molecule is CCCCc1nc(Cl)c(CNC2CCC(CC)CC2)[nH]1. The third-order valence-electron chi connectivity index (χ3n) is 4.54. The van der Waals surface area contributed by atoms with Crippen molar-refractivity contribution in [2.75, 3.05) is 0 Å². The van der Waals surface area contributed by atoms with E-state index in [0.717, 1.165) is 36.8 Å². The molecule has 1 saturated carbocycles. The van der Waals surface area contributed by atoms with Gasteiger partial charge in [-0.3, -0.25) is 0 Å². The molecule has 1 aromatic heterocycles. The minimum Gasteiger partial charge on any atom is -0.344 e. The standard InChI is InChI=1S/C16H28ClN3/c1-3-5-6-15-19-14(16(17)20-15)11-18-13-9-7-12(4-2)8-10-13/h12-13,18H,3-11H2,1-2H3,(H,19,20). The molecule has 0 saturated heterocycles. The molecule has 1 fully saturated rings. The molecule has 0 aromatic carbocycles. The third kappa shape index (κ3) is 4.49. The summed E-state index contributed by atoms with van der Waals surface area (Å²) in [6, 6.07) is 0.649. The number of hydrogen-bond acceptors (Lipinski definition) is 2. The van der Waals surface area contributed by atoms with E-state index in [1.165, 1.54) is 38.5 Å². The molecule has 0 spiro atoms. The summed E-state index contributed by atoms with van der Waals surface area (Å²) in [7, 11) is 0. The topological polar surface area (TPSA) is 40.7 Å². The van der Waals surface area contributed by atoms with E-state index < -0.39 is 0 Å². The summed E-state index contributed by atoms with van der Waals surface area (Å²) in [5.74, 6) is 1.98. The van der Waals surface area contributed by atoms with Crippen LogP contribution in [0.1, 0.15) is 70.3 Å². The van der Waals surface area contributed by atoms with Crippen LogP contribution >= 0.6 is 11.6 Å². The Hall–Kier alpha value is -0.540. The van der Waals surface area contributed by atoms with Gasteiger partial charge in [-0.2, -0.15) is 0 Å². The highest BCUT2D eigenvalue weighted by molar-refractivity contribution is 6.30. The lowest BCUT2D eigenvalue weighted by Crippen LogP contribution is -2.32. The summed E-state index contributed by atoms with van der Waals surface area (Å²) in [6.45, 7) is 5.32. The molecule has 0 unspecified atom stereocenters. The Morgan fingerprint density at radius 3 is 2.65 bits per heavy atom. The normalized spacial score (nSPS) is 23.1. The molecule has 114 valence electrons. The number of hydrogen-bond donors (Lipinski definition) is 2. The molecule has 0 radical (unpaired) electrons. The summed E-state index contributed by atoms with van der Waals surface area (Å²) < 4.78 is 0. The van der Waals surface area contributed by atoms with Crippen molar-refractivity contribution >= 4 is 11.6 Å². The number of rotatable bonds is 7. The average Bonchev–Trinajstić information content (AvgIpc) is 2.83. The number of aromatic nitrogens is 2. The molecule has 1 aliphatic carbocycles. The van der Waals surface area contributed by atoms with Crippen molar-refractivity contribution in [1.82, 2.24) is 15.3 Å². The van der Waals surface area contributed by atoms with Crippen LogP contribution in [0.25, 0.3) is 0 Å². The van der Waals surface area contributed by atoms with Gasteiger partial charge in [-0.1, -0.05) is 38.3 Å². The van der Waals surface area contributed by atoms with Crippen LogP contribution in [0.3, 0.4) is 0 Å². The molecule has 0 atom stereocenters. The fourth-order valence-electron chi connectivity index (χ4n) is 3.04. The minimum absolute atomic E-state index is 0.644. The molecular weight excluding hydrogens is 270 g/mol. The smallest absolute Gasteiger partial charge is 0.151 e. The highest BCUT2D eigenvalue weighted by Crippen LogP contribution is 2.26. The van der Waals surface area contributed by atoms with Crippen LogP contribution in [0.4, 0.5) is 0 Å². The number of aromatic amines is 1. The Labute approximate surface area is 127 Å². The van der Waals surface area contributed by atoms with Crippen LogP contribution < -0.4 is 5.32 Å². The first kappa shape index (κ1) is 15.8. The predicted molar refractivity (Wildman–Crippen MR) is 85.1 cm³/mol. The van der Waals surface area contributed by atoms with Crippen LogP contribution in [-0.2, 0) is 13.0 Å². The summed E-state index contributed by atoms with van der Waals surface area (Å²) >= 11 is 6.20. The van der Waals surface area contributed by atoms with Gasteiger partial charge >= 0.3 is 0 Å². The fraction of sp³-hybridized carbons (Fsp3) is 0.812. The van der Waals surface area contributed by atoms with Crippen LogP contribution in [0.5, 0.6) is 0 Å². The van der Waals surface area contributed by atoms with Crippen molar-refractivity contribution in [2.45, 2.75) is 77.8 Å². The highest BCUT2D eigenvalue weighted by atomic mass is 35.5. The van der Waals surface area contributed by atoms with E-state index in [1.807, 2.05) is 0 Å². The van der Waals surface area contributed by atoms with E-state index in [1.54, 1.807) is 0 Å².